The molecule has 31 heavy (non-hydrogen) atoms. The van der Waals surface area contributed by atoms with Crippen LogP contribution in [0, 0.1) is 6.92 Å². The summed E-state index contributed by atoms with van der Waals surface area (Å²) in [7, 11) is 0. The van der Waals surface area contributed by atoms with E-state index < -0.39 is 0 Å². The molecular formula is C26H21ClN2OS. The Morgan fingerprint density at radius 3 is 2.55 bits per heavy atom. The van der Waals surface area contributed by atoms with Gasteiger partial charge in [0.25, 0.3) is 5.91 Å². The van der Waals surface area contributed by atoms with Crippen molar-refractivity contribution in [2.45, 2.75) is 11.8 Å². The van der Waals surface area contributed by atoms with E-state index in [1.165, 1.54) is 0 Å². The van der Waals surface area contributed by atoms with Gasteiger partial charge >= 0.3 is 0 Å². The molecule has 3 nitrogen and oxygen atoms in total. The minimum atomic E-state index is -0.166. The maximum Gasteiger partial charge on any atom is 0.256 e. The lowest BCUT2D eigenvalue weighted by atomic mass is 9.95. The summed E-state index contributed by atoms with van der Waals surface area (Å²) >= 11 is 8.00. The average Bonchev–Trinajstić information content (AvgIpc) is 2.81. The first-order valence-electron chi connectivity index (χ1n) is 9.83. The molecule has 0 unspecified atom stereocenters. The van der Waals surface area contributed by atoms with Gasteiger partial charge in [-0.15, -0.1) is 11.8 Å². The topological polar surface area (TPSA) is 42.0 Å². The number of halogens is 1. The lowest BCUT2D eigenvalue weighted by molar-refractivity contribution is 0.102. The number of hydrogen-bond donors (Lipinski definition) is 1. The zero-order valence-electron chi connectivity index (χ0n) is 17.2. The second-order valence-corrected chi connectivity index (χ2v) is 8.36. The Hall–Kier alpha value is -3.08. The van der Waals surface area contributed by atoms with Gasteiger partial charge < -0.3 is 5.32 Å². The van der Waals surface area contributed by atoms with Gasteiger partial charge in [0.15, 0.2) is 0 Å². The monoisotopic (exact) mass is 444 g/mol. The fourth-order valence-electron chi connectivity index (χ4n) is 3.46. The van der Waals surface area contributed by atoms with Crippen molar-refractivity contribution in [2.75, 3.05) is 11.6 Å². The molecule has 154 valence electrons. The second-order valence-electron chi connectivity index (χ2n) is 7.07. The molecule has 0 radical (unpaired) electrons. The quantitative estimate of drug-likeness (QED) is 0.327. The SMILES string of the molecule is CSc1ccc(C(=O)Nc2cccc(-c3ccccn3)c2)c(-c2cccc(Cl)c2C)c1. The molecule has 3 aromatic carbocycles. The summed E-state index contributed by atoms with van der Waals surface area (Å²) in [6.45, 7) is 1.97. The van der Waals surface area contributed by atoms with Crippen LogP contribution in [-0.4, -0.2) is 17.1 Å². The van der Waals surface area contributed by atoms with Crippen LogP contribution >= 0.6 is 23.4 Å². The molecular weight excluding hydrogens is 424 g/mol. The molecule has 5 heteroatoms. The predicted molar refractivity (Wildman–Crippen MR) is 131 cm³/mol. The van der Waals surface area contributed by atoms with Crippen LogP contribution in [0.5, 0.6) is 0 Å². The minimum absolute atomic E-state index is 0.166. The van der Waals surface area contributed by atoms with E-state index in [1.807, 2.05) is 92.0 Å². The Kier molecular flexibility index (Phi) is 6.40. The van der Waals surface area contributed by atoms with Gasteiger partial charge in [-0.05, 0) is 78.4 Å². The van der Waals surface area contributed by atoms with Gasteiger partial charge in [-0.2, -0.15) is 0 Å². The summed E-state index contributed by atoms with van der Waals surface area (Å²) in [6, 6.07) is 25.1. The summed E-state index contributed by atoms with van der Waals surface area (Å²) in [5, 5.41) is 3.73. The Balaban J connectivity index is 1.71. The third-order valence-corrected chi connectivity index (χ3v) is 6.25. The molecule has 0 aliphatic heterocycles. The van der Waals surface area contributed by atoms with Gasteiger partial charge in [-0.25, -0.2) is 0 Å². The molecule has 0 fully saturated rings. The van der Waals surface area contributed by atoms with Crippen molar-refractivity contribution in [1.29, 1.82) is 0 Å². The lowest BCUT2D eigenvalue weighted by Gasteiger charge is -2.15. The molecule has 0 bridgehead atoms. The number of hydrogen-bond acceptors (Lipinski definition) is 3. The van der Waals surface area contributed by atoms with Crippen molar-refractivity contribution in [2.24, 2.45) is 0 Å². The van der Waals surface area contributed by atoms with Crippen LogP contribution in [0.25, 0.3) is 22.4 Å². The number of carbonyl (C=O) groups is 1. The lowest BCUT2D eigenvalue weighted by Crippen LogP contribution is -2.13. The number of amides is 1. The predicted octanol–water partition coefficient (Wildman–Crippen LogP) is 7.35. The highest BCUT2D eigenvalue weighted by Gasteiger charge is 2.16. The number of pyridine rings is 1. The van der Waals surface area contributed by atoms with E-state index >= 15 is 0 Å². The molecule has 4 aromatic rings. The largest absolute Gasteiger partial charge is 0.322 e. The van der Waals surface area contributed by atoms with Crippen molar-refractivity contribution in [3.63, 3.8) is 0 Å². The summed E-state index contributed by atoms with van der Waals surface area (Å²) in [5.41, 5.74) is 5.90. The molecule has 1 N–H and O–H groups in total. The second kappa shape index (κ2) is 9.38. The van der Waals surface area contributed by atoms with Crippen molar-refractivity contribution in [1.82, 2.24) is 4.98 Å². The van der Waals surface area contributed by atoms with Crippen molar-refractivity contribution in [3.05, 3.63) is 101 Å². The molecule has 0 saturated heterocycles. The van der Waals surface area contributed by atoms with Gasteiger partial charge in [-0.1, -0.05) is 41.9 Å². The van der Waals surface area contributed by atoms with E-state index in [0.717, 1.165) is 38.5 Å². The van der Waals surface area contributed by atoms with Crippen LogP contribution in [0.15, 0.2) is 90.0 Å². The van der Waals surface area contributed by atoms with Gasteiger partial charge in [0, 0.05) is 32.9 Å². The van der Waals surface area contributed by atoms with E-state index in [9.17, 15) is 4.79 Å². The smallest absolute Gasteiger partial charge is 0.256 e. The minimum Gasteiger partial charge on any atom is -0.322 e. The highest BCUT2D eigenvalue weighted by atomic mass is 35.5. The molecule has 1 amide bonds. The third-order valence-electron chi connectivity index (χ3n) is 5.11. The fourth-order valence-corrected chi connectivity index (χ4v) is 4.07. The first kappa shape index (κ1) is 21.2. The van der Waals surface area contributed by atoms with Crippen molar-refractivity contribution >= 4 is 35.0 Å². The zero-order valence-corrected chi connectivity index (χ0v) is 18.8. The highest BCUT2D eigenvalue weighted by Crippen LogP contribution is 2.34. The number of nitrogens with one attached hydrogen (secondary N) is 1. The van der Waals surface area contributed by atoms with Crippen LogP contribution in [0.3, 0.4) is 0 Å². The summed E-state index contributed by atoms with van der Waals surface area (Å²) in [5.74, 6) is -0.166. The van der Waals surface area contributed by atoms with E-state index in [4.69, 9.17) is 11.6 Å². The summed E-state index contributed by atoms with van der Waals surface area (Å²) in [4.78, 5) is 18.8. The maximum absolute atomic E-state index is 13.3. The number of aromatic nitrogens is 1. The van der Waals surface area contributed by atoms with Crippen LogP contribution in [0.2, 0.25) is 5.02 Å². The van der Waals surface area contributed by atoms with E-state index in [1.54, 1.807) is 18.0 Å². The fraction of sp³-hybridized carbons (Fsp3) is 0.0769. The molecule has 4 rings (SSSR count). The summed E-state index contributed by atoms with van der Waals surface area (Å²) in [6.07, 6.45) is 3.78. The van der Waals surface area contributed by atoms with Crippen molar-refractivity contribution in [3.8, 4) is 22.4 Å². The Labute approximate surface area is 191 Å². The molecule has 0 atom stereocenters. The first-order chi connectivity index (χ1) is 15.1. The van der Waals surface area contributed by atoms with Crippen LogP contribution in [0.1, 0.15) is 15.9 Å². The van der Waals surface area contributed by atoms with Crippen LogP contribution in [0.4, 0.5) is 5.69 Å². The number of carbonyl (C=O) groups excluding carboxylic acids is 1. The Morgan fingerprint density at radius 1 is 0.935 bits per heavy atom. The summed E-state index contributed by atoms with van der Waals surface area (Å²) < 4.78 is 0. The Morgan fingerprint density at radius 2 is 1.77 bits per heavy atom. The Bertz CT molecular complexity index is 1240. The molecule has 0 aliphatic rings. The van der Waals surface area contributed by atoms with Crippen LogP contribution in [-0.2, 0) is 0 Å². The highest BCUT2D eigenvalue weighted by molar-refractivity contribution is 7.98. The standard InChI is InChI=1S/C26H21ClN2OS/c1-17-21(9-6-10-24(17)27)23-16-20(31-2)12-13-22(23)26(30)29-19-8-5-7-18(15-19)25-11-3-4-14-28-25/h3-16H,1-2H3,(H,29,30). The molecule has 0 saturated carbocycles. The molecule has 0 spiro atoms. The number of nitrogens with zero attached hydrogens (tertiary/aromatic N) is 1. The number of thioether (sulfide) groups is 1. The van der Waals surface area contributed by atoms with Gasteiger partial charge in [0.05, 0.1) is 5.69 Å². The molecule has 0 aliphatic carbocycles. The normalized spacial score (nSPS) is 10.7. The van der Waals surface area contributed by atoms with Gasteiger partial charge in [0.2, 0.25) is 0 Å². The zero-order chi connectivity index (χ0) is 21.8. The molecule has 1 aromatic heterocycles. The van der Waals surface area contributed by atoms with E-state index in [2.05, 4.69) is 10.3 Å². The number of rotatable bonds is 5. The van der Waals surface area contributed by atoms with Gasteiger partial charge in [0.1, 0.15) is 0 Å². The van der Waals surface area contributed by atoms with Crippen LogP contribution < -0.4 is 5.32 Å². The maximum atomic E-state index is 13.3. The average molecular weight is 445 g/mol. The molecule has 1 heterocycles. The van der Waals surface area contributed by atoms with E-state index in [0.29, 0.717) is 10.6 Å². The van der Waals surface area contributed by atoms with E-state index in [-0.39, 0.29) is 5.91 Å². The number of anilines is 1. The third kappa shape index (κ3) is 4.66. The first-order valence-corrected chi connectivity index (χ1v) is 11.4. The van der Waals surface area contributed by atoms with Crippen molar-refractivity contribution < 1.29 is 4.79 Å². The van der Waals surface area contributed by atoms with Gasteiger partial charge in [-0.3, -0.25) is 9.78 Å². The number of benzene rings is 3.